The molecule has 0 saturated heterocycles. The van der Waals surface area contributed by atoms with Gasteiger partial charge in [0.15, 0.2) is 22.4 Å². The number of hydrogen-bond acceptors (Lipinski definition) is 6. The molecule has 0 spiro atoms. The van der Waals surface area contributed by atoms with Gasteiger partial charge in [-0.2, -0.15) is 0 Å². The number of thiocarbonyl (C=S) groups is 1. The van der Waals surface area contributed by atoms with Gasteiger partial charge in [-0.1, -0.05) is 30.3 Å². The maximum Gasteiger partial charge on any atom is 0.279 e. The van der Waals surface area contributed by atoms with Crippen LogP contribution in [0.15, 0.2) is 53.7 Å². The van der Waals surface area contributed by atoms with Crippen LogP contribution < -0.4 is 14.8 Å². The molecule has 1 aliphatic rings. The number of ether oxygens (including phenoxy) is 2. The van der Waals surface area contributed by atoms with Crippen LogP contribution in [-0.4, -0.2) is 41.0 Å². The molecular weight excluding hydrogens is 430 g/mol. The first-order chi connectivity index (χ1) is 15.3. The molecule has 1 N–H and O–H groups in total. The summed E-state index contributed by atoms with van der Waals surface area (Å²) in [5, 5.41) is 15.5. The summed E-state index contributed by atoms with van der Waals surface area (Å²) in [6.45, 7) is 6.43. The summed E-state index contributed by atoms with van der Waals surface area (Å²) in [6.07, 6.45) is 0. The van der Waals surface area contributed by atoms with Gasteiger partial charge in [-0.3, -0.25) is 14.9 Å². The van der Waals surface area contributed by atoms with Crippen LogP contribution in [-0.2, 0) is 0 Å². The molecule has 9 heteroatoms. The first-order valence-electron chi connectivity index (χ1n) is 10.2. The van der Waals surface area contributed by atoms with E-state index in [1.807, 2.05) is 19.9 Å². The van der Waals surface area contributed by atoms with Crippen molar-refractivity contribution < 1.29 is 19.2 Å². The lowest BCUT2D eigenvalue weighted by Gasteiger charge is -2.37. The molecule has 0 radical (unpaired) electrons. The second-order valence-electron chi connectivity index (χ2n) is 7.07. The van der Waals surface area contributed by atoms with Gasteiger partial charge in [0.2, 0.25) is 0 Å². The normalized spacial score (nSPS) is 15.9. The number of nitrogens with zero attached hydrogens (tertiary/aromatic N) is 2. The topological polar surface area (TPSA) is 93.9 Å². The van der Waals surface area contributed by atoms with Gasteiger partial charge in [-0.25, -0.2) is 0 Å². The zero-order chi connectivity index (χ0) is 23.4. The van der Waals surface area contributed by atoms with Gasteiger partial charge < -0.3 is 19.7 Å². The molecule has 1 unspecified atom stereocenters. The van der Waals surface area contributed by atoms with E-state index in [0.29, 0.717) is 40.8 Å². The van der Waals surface area contributed by atoms with Gasteiger partial charge >= 0.3 is 0 Å². The Labute approximate surface area is 192 Å². The van der Waals surface area contributed by atoms with Crippen molar-refractivity contribution in [3.63, 3.8) is 0 Å². The number of carbonyl (C=O) groups is 1. The van der Waals surface area contributed by atoms with E-state index in [0.717, 1.165) is 0 Å². The number of nitro groups is 1. The van der Waals surface area contributed by atoms with Crippen LogP contribution in [0.2, 0.25) is 0 Å². The molecule has 32 heavy (non-hydrogen) atoms. The van der Waals surface area contributed by atoms with Crippen molar-refractivity contribution in [3.8, 4) is 11.5 Å². The second kappa shape index (κ2) is 9.78. The van der Waals surface area contributed by atoms with E-state index in [1.54, 1.807) is 42.2 Å². The lowest BCUT2D eigenvalue weighted by Crippen LogP contribution is -2.47. The Morgan fingerprint density at radius 1 is 1.22 bits per heavy atom. The zero-order valence-corrected chi connectivity index (χ0v) is 19.2. The van der Waals surface area contributed by atoms with E-state index in [-0.39, 0.29) is 22.8 Å². The fourth-order valence-electron chi connectivity index (χ4n) is 3.82. The van der Waals surface area contributed by atoms with E-state index < -0.39 is 11.0 Å². The number of rotatable bonds is 8. The van der Waals surface area contributed by atoms with Crippen LogP contribution in [0.25, 0.3) is 0 Å². The number of carbonyl (C=O) groups excluding carboxylic acids is 1. The van der Waals surface area contributed by atoms with Crippen molar-refractivity contribution in [2.75, 3.05) is 20.3 Å². The highest BCUT2D eigenvalue weighted by Crippen LogP contribution is 2.42. The molecule has 0 aromatic heterocycles. The van der Waals surface area contributed by atoms with Crippen molar-refractivity contribution in [1.29, 1.82) is 0 Å². The summed E-state index contributed by atoms with van der Waals surface area (Å²) >= 11 is 5.52. The third-order valence-corrected chi connectivity index (χ3v) is 5.65. The van der Waals surface area contributed by atoms with Gasteiger partial charge in [0.25, 0.3) is 5.69 Å². The molecule has 2 aromatic rings. The SMILES string of the molecule is CCOc1cc(C2NC(=S)N(CC)C(C)=C2C(=O)c2ccccc2)c([N+](=O)[O-])cc1OC. The zero-order valence-electron chi connectivity index (χ0n) is 18.4. The summed E-state index contributed by atoms with van der Waals surface area (Å²) in [5.74, 6) is 0.363. The molecule has 3 rings (SSSR count). The highest BCUT2D eigenvalue weighted by molar-refractivity contribution is 7.80. The number of Topliss-reactive ketones (excluding diaryl/α,β-unsaturated/α-hetero) is 1. The molecule has 0 fully saturated rings. The van der Waals surface area contributed by atoms with Crippen LogP contribution in [0.4, 0.5) is 5.69 Å². The first-order valence-corrected chi connectivity index (χ1v) is 10.6. The van der Waals surface area contributed by atoms with Crippen molar-refractivity contribution in [1.82, 2.24) is 10.2 Å². The summed E-state index contributed by atoms with van der Waals surface area (Å²) in [6, 6.07) is 10.9. The van der Waals surface area contributed by atoms with E-state index in [4.69, 9.17) is 21.7 Å². The number of methoxy groups -OCH3 is 1. The lowest BCUT2D eigenvalue weighted by molar-refractivity contribution is -0.385. The van der Waals surface area contributed by atoms with Gasteiger partial charge in [-0.15, -0.1) is 0 Å². The van der Waals surface area contributed by atoms with Gasteiger partial charge in [0.1, 0.15) is 0 Å². The molecule has 2 aromatic carbocycles. The predicted molar refractivity (Wildman–Crippen MR) is 125 cm³/mol. The van der Waals surface area contributed by atoms with Crippen molar-refractivity contribution in [3.05, 3.63) is 75.0 Å². The van der Waals surface area contributed by atoms with Crippen LogP contribution >= 0.6 is 12.2 Å². The fourth-order valence-corrected chi connectivity index (χ4v) is 4.20. The van der Waals surface area contributed by atoms with Crippen molar-refractivity contribution in [2.45, 2.75) is 26.8 Å². The number of nitrogens with one attached hydrogen (secondary N) is 1. The number of allylic oxidation sites excluding steroid dienone is 1. The van der Waals surface area contributed by atoms with Crippen LogP contribution in [0.3, 0.4) is 0 Å². The maximum absolute atomic E-state index is 13.6. The molecular formula is C23H25N3O5S. The number of nitro benzene ring substituents is 1. The van der Waals surface area contributed by atoms with E-state index >= 15 is 0 Å². The first kappa shape index (κ1) is 23.2. The largest absolute Gasteiger partial charge is 0.493 e. The fraction of sp³-hybridized carbons (Fsp3) is 0.304. The average Bonchev–Trinajstić information content (AvgIpc) is 2.79. The molecule has 0 bridgehead atoms. The molecule has 1 atom stereocenters. The van der Waals surface area contributed by atoms with E-state index in [9.17, 15) is 14.9 Å². The lowest BCUT2D eigenvalue weighted by atomic mass is 9.88. The summed E-state index contributed by atoms with van der Waals surface area (Å²) in [5.41, 5.74) is 1.61. The minimum absolute atomic E-state index is 0.193. The quantitative estimate of drug-likeness (QED) is 0.271. The van der Waals surface area contributed by atoms with Gasteiger partial charge in [-0.05, 0) is 39.1 Å². The third kappa shape index (κ3) is 4.29. The smallest absolute Gasteiger partial charge is 0.279 e. The Kier molecular flexibility index (Phi) is 7.09. The Hall–Kier alpha value is -3.46. The van der Waals surface area contributed by atoms with E-state index in [1.165, 1.54) is 13.2 Å². The van der Waals surface area contributed by atoms with Gasteiger partial charge in [0, 0.05) is 23.4 Å². The number of ketones is 1. The van der Waals surface area contributed by atoms with Crippen LogP contribution in [0.5, 0.6) is 11.5 Å². The molecule has 0 saturated carbocycles. The monoisotopic (exact) mass is 455 g/mol. The second-order valence-corrected chi connectivity index (χ2v) is 7.46. The van der Waals surface area contributed by atoms with E-state index in [2.05, 4.69) is 5.32 Å². The van der Waals surface area contributed by atoms with Crippen molar-refractivity contribution >= 4 is 28.8 Å². The predicted octanol–water partition coefficient (Wildman–Crippen LogP) is 4.41. The number of hydrogen-bond donors (Lipinski definition) is 1. The minimum Gasteiger partial charge on any atom is -0.493 e. The Morgan fingerprint density at radius 2 is 1.91 bits per heavy atom. The standard InChI is InChI=1S/C23H25N3O5S/c1-5-25-14(3)20(22(27)15-10-8-7-9-11-15)21(24-23(25)32)16-12-19(31-6-2)18(30-4)13-17(16)26(28)29/h7-13,21H,5-6H2,1-4H3,(H,24,32). The summed E-state index contributed by atoms with van der Waals surface area (Å²) in [4.78, 5) is 26.9. The third-order valence-electron chi connectivity index (χ3n) is 5.31. The highest BCUT2D eigenvalue weighted by atomic mass is 32.1. The maximum atomic E-state index is 13.6. The Balaban J connectivity index is 2.27. The van der Waals surface area contributed by atoms with Crippen LogP contribution in [0, 0.1) is 10.1 Å². The molecule has 8 nitrogen and oxygen atoms in total. The number of benzene rings is 2. The Bertz CT molecular complexity index is 1080. The molecule has 168 valence electrons. The highest BCUT2D eigenvalue weighted by Gasteiger charge is 2.37. The average molecular weight is 456 g/mol. The molecule has 0 aliphatic carbocycles. The van der Waals surface area contributed by atoms with Crippen molar-refractivity contribution in [2.24, 2.45) is 0 Å². The van der Waals surface area contributed by atoms with Crippen LogP contribution in [0.1, 0.15) is 42.7 Å². The summed E-state index contributed by atoms with van der Waals surface area (Å²) < 4.78 is 10.9. The molecule has 1 aliphatic heterocycles. The summed E-state index contributed by atoms with van der Waals surface area (Å²) in [7, 11) is 1.42. The minimum atomic E-state index is -0.830. The van der Waals surface area contributed by atoms with Gasteiger partial charge in [0.05, 0.1) is 36.3 Å². The molecule has 0 amide bonds. The molecule has 1 heterocycles. The Morgan fingerprint density at radius 3 is 2.47 bits per heavy atom.